The number of nitrogens with zero attached hydrogens (tertiary/aromatic N) is 1. The SMILES string of the molecule is CCS(=O)(=O)c1ccccc1C(=O)Nc1ccc(N2C(=O)c3ccccc3C2=O)c(Cl)c1. The summed E-state index contributed by atoms with van der Waals surface area (Å²) in [6.45, 7) is 1.50. The molecule has 3 aromatic carbocycles. The molecule has 1 aliphatic heterocycles. The minimum Gasteiger partial charge on any atom is -0.322 e. The van der Waals surface area contributed by atoms with Gasteiger partial charge in [-0.3, -0.25) is 14.4 Å². The lowest BCUT2D eigenvalue weighted by molar-refractivity contribution is 0.0924. The largest absolute Gasteiger partial charge is 0.322 e. The monoisotopic (exact) mass is 468 g/mol. The molecule has 32 heavy (non-hydrogen) atoms. The fraction of sp³-hybridized carbons (Fsp3) is 0.0870. The Morgan fingerprint density at radius 2 is 1.53 bits per heavy atom. The standard InChI is InChI=1S/C23H17ClN2O5S/c1-2-32(30,31)20-10-6-5-9-17(20)21(27)25-14-11-12-19(18(24)13-14)26-22(28)15-7-3-4-8-16(15)23(26)29/h3-13H,2H2,1H3,(H,25,27). The first kappa shape index (κ1) is 21.7. The van der Waals surface area contributed by atoms with Gasteiger partial charge in [0, 0.05) is 5.69 Å². The Labute approximate surface area is 189 Å². The molecule has 0 aliphatic carbocycles. The maximum absolute atomic E-state index is 12.8. The van der Waals surface area contributed by atoms with Crippen LogP contribution in [0.1, 0.15) is 38.0 Å². The van der Waals surface area contributed by atoms with Crippen LogP contribution >= 0.6 is 11.6 Å². The highest BCUT2D eigenvalue weighted by molar-refractivity contribution is 7.91. The zero-order valence-electron chi connectivity index (χ0n) is 16.8. The number of carbonyl (C=O) groups excluding carboxylic acids is 3. The third-order valence-corrected chi connectivity index (χ3v) is 7.18. The van der Waals surface area contributed by atoms with Gasteiger partial charge in [-0.15, -0.1) is 0 Å². The van der Waals surface area contributed by atoms with Gasteiger partial charge in [-0.2, -0.15) is 0 Å². The number of rotatable bonds is 5. The van der Waals surface area contributed by atoms with Gasteiger partial charge >= 0.3 is 0 Å². The Balaban J connectivity index is 1.62. The average molecular weight is 469 g/mol. The molecule has 0 unspecified atom stereocenters. The fourth-order valence-corrected chi connectivity index (χ4v) is 4.81. The molecule has 4 rings (SSSR count). The Morgan fingerprint density at radius 3 is 2.12 bits per heavy atom. The summed E-state index contributed by atoms with van der Waals surface area (Å²) in [5, 5.41) is 2.69. The predicted molar refractivity (Wildman–Crippen MR) is 121 cm³/mol. The number of carbonyl (C=O) groups is 3. The van der Waals surface area contributed by atoms with Crippen LogP contribution in [-0.2, 0) is 9.84 Å². The van der Waals surface area contributed by atoms with E-state index in [-0.39, 0.29) is 32.6 Å². The predicted octanol–water partition coefficient (Wildman–Crippen LogP) is 4.19. The van der Waals surface area contributed by atoms with Gasteiger partial charge in [0.15, 0.2) is 9.84 Å². The van der Waals surface area contributed by atoms with Gasteiger partial charge in [0.05, 0.1) is 38.0 Å². The Kier molecular flexibility index (Phi) is 5.58. The molecule has 1 N–H and O–H groups in total. The summed E-state index contributed by atoms with van der Waals surface area (Å²) >= 11 is 6.35. The van der Waals surface area contributed by atoms with Gasteiger partial charge in [0.25, 0.3) is 17.7 Å². The smallest absolute Gasteiger partial charge is 0.266 e. The van der Waals surface area contributed by atoms with Crippen LogP contribution in [0.2, 0.25) is 5.02 Å². The summed E-state index contributed by atoms with van der Waals surface area (Å²) in [7, 11) is -3.60. The number of amides is 3. The summed E-state index contributed by atoms with van der Waals surface area (Å²) in [6, 6.07) is 16.7. The number of hydrogen-bond acceptors (Lipinski definition) is 5. The lowest BCUT2D eigenvalue weighted by Crippen LogP contribution is -2.29. The van der Waals surface area contributed by atoms with Crippen LogP contribution < -0.4 is 10.2 Å². The van der Waals surface area contributed by atoms with Gasteiger partial charge in [-0.1, -0.05) is 42.8 Å². The lowest BCUT2D eigenvalue weighted by atomic mass is 10.1. The zero-order valence-corrected chi connectivity index (χ0v) is 18.4. The molecular weight excluding hydrogens is 452 g/mol. The zero-order chi connectivity index (χ0) is 23.0. The third-order valence-electron chi connectivity index (χ3n) is 5.09. The number of hydrogen-bond donors (Lipinski definition) is 1. The number of halogens is 1. The first-order valence-corrected chi connectivity index (χ1v) is 11.7. The van der Waals surface area contributed by atoms with Crippen LogP contribution in [0.3, 0.4) is 0 Å². The Bertz CT molecular complexity index is 1350. The average Bonchev–Trinajstić information content (AvgIpc) is 3.04. The van der Waals surface area contributed by atoms with E-state index in [2.05, 4.69) is 5.32 Å². The van der Waals surface area contributed by atoms with E-state index in [9.17, 15) is 22.8 Å². The molecule has 7 nitrogen and oxygen atoms in total. The van der Waals surface area contributed by atoms with Crippen molar-refractivity contribution in [2.45, 2.75) is 11.8 Å². The van der Waals surface area contributed by atoms with E-state index in [1.807, 2.05) is 0 Å². The third kappa shape index (κ3) is 3.68. The molecule has 0 radical (unpaired) electrons. The fourth-order valence-electron chi connectivity index (χ4n) is 3.45. The van der Waals surface area contributed by atoms with E-state index in [1.165, 1.54) is 37.3 Å². The van der Waals surface area contributed by atoms with Crippen molar-refractivity contribution in [2.75, 3.05) is 16.0 Å². The normalized spacial score (nSPS) is 13.2. The summed E-state index contributed by atoms with van der Waals surface area (Å²) in [5.74, 6) is -1.73. The molecule has 0 bridgehead atoms. The Hall–Kier alpha value is -3.49. The molecule has 162 valence electrons. The number of imide groups is 1. The number of nitrogens with one attached hydrogen (secondary N) is 1. The second-order valence-corrected chi connectivity index (χ2v) is 9.67. The first-order valence-electron chi connectivity index (χ1n) is 9.65. The maximum Gasteiger partial charge on any atom is 0.266 e. The maximum atomic E-state index is 12.8. The molecule has 0 fully saturated rings. The molecule has 9 heteroatoms. The van der Waals surface area contributed by atoms with E-state index in [4.69, 9.17) is 11.6 Å². The number of fused-ring (bicyclic) bond motifs is 1. The van der Waals surface area contributed by atoms with Crippen LogP contribution in [0.4, 0.5) is 11.4 Å². The van der Waals surface area contributed by atoms with Crippen LogP contribution in [0.25, 0.3) is 0 Å². The summed E-state index contributed by atoms with van der Waals surface area (Å²) < 4.78 is 24.6. The molecule has 0 saturated carbocycles. The molecule has 0 spiro atoms. The van der Waals surface area contributed by atoms with Crippen molar-refractivity contribution in [2.24, 2.45) is 0 Å². The highest BCUT2D eigenvalue weighted by Crippen LogP contribution is 2.35. The minimum atomic E-state index is -3.60. The van der Waals surface area contributed by atoms with E-state index < -0.39 is 27.6 Å². The van der Waals surface area contributed by atoms with Gasteiger partial charge in [-0.05, 0) is 42.5 Å². The molecular formula is C23H17ClN2O5S. The van der Waals surface area contributed by atoms with Crippen molar-refractivity contribution in [3.8, 4) is 0 Å². The molecule has 3 amide bonds. The van der Waals surface area contributed by atoms with Crippen molar-refractivity contribution < 1.29 is 22.8 Å². The summed E-state index contributed by atoms with van der Waals surface area (Å²) in [4.78, 5) is 39.1. The molecule has 1 aliphatic rings. The van der Waals surface area contributed by atoms with Gasteiger partial charge < -0.3 is 5.32 Å². The molecule has 0 atom stereocenters. The molecule has 1 heterocycles. The highest BCUT2D eigenvalue weighted by atomic mass is 35.5. The van der Waals surface area contributed by atoms with Gasteiger partial charge in [0.1, 0.15) is 0 Å². The van der Waals surface area contributed by atoms with Crippen molar-refractivity contribution >= 4 is 50.5 Å². The van der Waals surface area contributed by atoms with E-state index in [0.29, 0.717) is 11.1 Å². The van der Waals surface area contributed by atoms with Crippen molar-refractivity contribution in [1.82, 2.24) is 0 Å². The van der Waals surface area contributed by atoms with Crippen molar-refractivity contribution in [3.63, 3.8) is 0 Å². The van der Waals surface area contributed by atoms with Crippen LogP contribution in [-0.4, -0.2) is 31.9 Å². The number of benzene rings is 3. The van der Waals surface area contributed by atoms with E-state index in [1.54, 1.807) is 36.4 Å². The van der Waals surface area contributed by atoms with Gasteiger partial charge in [-0.25, -0.2) is 13.3 Å². The van der Waals surface area contributed by atoms with Crippen LogP contribution in [0.5, 0.6) is 0 Å². The second-order valence-electron chi connectivity index (χ2n) is 7.01. The minimum absolute atomic E-state index is 0.00916. The molecule has 0 saturated heterocycles. The number of anilines is 2. The van der Waals surface area contributed by atoms with E-state index >= 15 is 0 Å². The van der Waals surface area contributed by atoms with E-state index in [0.717, 1.165) is 4.90 Å². The summed E-state index contributed by atoms with van der Waals surface area (Å²) in [6.07, 6.45) is 0. The Morgan fingerprint density at radius 1 is 0.938 bits per heavy atom. The molecule has 3 aromatic rings. The quantitative estimate of drug-likeness (QED) is 0.566. The van der Waals surface area contributed by atoms with Crippen molar-refractivity contribution in [1.29, 1.82) is 0 Å². The molecule has 0 aromatic heterocycles. The lowest BCUT2D eigenvalue weighted by Gasteiger charge is -2.17. The van der Waals surface area contributed by atoms with Crippen molar-refractivity contribution in [3.05, 3.63) is 88.4 Å². The first-order chi connectivity index (χ1) is 15.2. The topological polar surface area (TPSA) is 101 Å². The van der Waals surface area contributed by atoms with Crippen LogP contribution in [0.15, 0.2) is 71.6 Å². The highest BCUT2D eigenvalue weighted by Gasteiger charge is 2.37. The van der Waals surface area contributed by atoms with Crippen LogP contribution in [0, 0.1) is 0 Å². The van der Waals surface area contributed by atoms with Gasteiger partial charge in [0.2, 0.25) is 0 Å². The number of sulfone groups is 1. The second kappa shape index (κ2) is 8.22. The summed E-state index contributed by atoms with van der Waals surface area (Å²) in [5.41, 5.74) is 1.06.